The molecule has 0 aromatic heterocycles. The van der Waals surface area contributed by atoms with Crippen LogP contribution in [-0.4, -0.2) is 15.7 Å². The number of hydrazone groups is 1. The highest BCUT2D eigenvalue weighted by molar-refractivity contribution is 7.60. The normalized spacial score (nSPS) is 9.73. The molecule has 0 amide bonds. The molecule has 0 aliphatic heterocycles. The van der Waals surface area contributed by atoms with E-state index in [1.807, 2.05) is 0 Å². The van der Waals surface area contributed by atoms with Crippen LogP contribution in [0.1, 0.15) is 0 Å². The molecule has 0 aliphatic carbocycles. The summed E-state index contributed by atoms with van der Waals surface area (Å²) in [7, 11) is -4.02. The highest BCUT2D eigenvalue weighted by Crippen LogP contribution is 2.32. The lowest BCUT2D eigenvalue weighted by atomic mass is 10.4. The van der Waals surface area contributed by atoms with E-state index in [0.29, 0.717) is 0 Å². The number of rotatable bonds is 1. The Morgan fingerprint density at radius 3 is 1.80 bits per heavy atom. The minimum atomic E-state index is -4.02. The first-order chi connectivity index (χ1) is 6.88. The van der Waals surface area contributed by atoms with Crippen LogP contribution in [0.4, 0.5) is 0 Å². The molecule has 0 unspecified atom stereocenters. The van der Waals surface area contributed by atoms with E-state index in [1.54, 1.807) is 18.2 Å². The average molecular weight is 232 g/mol. The monoisotopic (exact) mass is 232 g/mol. The fraction of sp³-hybridized carbons (Fsp3) is 0. The van der Waals surface area contributed by atoms with Crippen molar-refractivity contribution >= 4 is 18.9 Å². The zero-order valence-corrected chi connectivity index (χ0v) is 8.71. The van der Waals surface area contributed by atoms with Crippen LogP contribution in [0.15, 0.2) is 35.4 Å². The molecule has 1 aromatic carbocycles. The van der Waals surface area contributed by atoms with Crippen molar-refractivity contribution in [3.05, 3.63) is 30.3 Å². The van der Waals surface area contributed by atoms with Crippen LogP contribution < -0.4 is 22.6 Å². The summed E-state index contributed by atoms with van der Waals surface area (Å²) in [6, 6.07) is 7.70. The number of hydrogen-bond donors (Lipinski definition) is 5. The summed E-state index contributed by atoms with van der Waals surface area (Å²) in [6.45, 7) is 0. The van der Waals surface area contributed by atoms with E-state index in [2.05, 4.69) is 10.9 Å². The van der Waals surface area contributed by atoms with Gasteiger partial charge in [-0.3, -0.25) is 4.57 Å². The van der Waals surface area contributed by atoms with Crippen LogP contribution in [-0.2, 0) is 4.57 Å². The van der Waals surface area contributed by atoms with Gasteiger partial charge in [0.2, 0.25) is 5.96 Å². The number of benzene rings is 1. The first-order valence-electron chi connectivity index (χ1n) is 3.78. The summed E-state index contributed by atoms with van der Waals surface area (Å²) in [5, 5.41) is 2.93. The zero-order chi connectivity index (χ0) is 11.9. The number of guanidine groups is 1. The Hall–Kier alpha value is -1.56. The Labute approximate surface area is 86.7 Å². The van der Waals surface area contributed by atoms with Gasteiger partial charge in [-0.1, -0.05) is 18.2 Å². The Morgan fingerprint density at radius 2 is 1.60 bits per heavy atom. The number of hydrogen-bond acceptors (Lipinski definition) is 3. The maximum Gasteiger partial charge on any atom is 0.356 e. The van der Waals surface area contributed by atoms with Gasteiger partial charge in [0.1, 0.15) is 0 Å². The molecule has 1 aromatic rings. The van der Waals surface area contributed by atoms with Crippen molar-refractivity contribution in [3.63, 3.8) is 0 Å². The van der Waals surface area contributed by atoms with Crippen molar-refractivity contribution < 1.29 is 14.4 Å². The summed E-state index contributed by atoms with van der Waals surface area (Å²) in [6.07, 6.45) is 0. The van der Waals surface area contributed by atoms with Crippen molar-refractivity contribution in [1.29, 1.82) is 0 Å². The van der Waals surface area contributed by atoms with E-state index in [4.69, 9.17) is 21.3 Å². The Morgan fingerprint density at radius 1 is 1.20 bits per heavy atom. The van der Waals surface area contributed by atoms with Gasteiger partial charge in [-0.25, -0.2) is 0 Å². The van der Waals surface area contributed by atoms with E-state index in [-0.39, 0.29) is 11.3 Å². The van der Waals surface area contributed by atoms with Gasteiger partial charge >= 0.3 is 7.60 Å². The third kappa shape index (κ3) is 6.50. The maximum atomic E-state index is 10.5. The van der Waals surface area contributed by atoms with E-state index in [0.717, 1.165) is 0 Å². The fourth-order valence-corrected chi connectivity index (χ4v) is 1.18. The molecular formula is C7H13N4O3P. The number of nitrogens with two attached hydrogens (primary N) is 3. The lowest BCUT2D eigenvalue weighted by Gasteiger charge is -2.00. The molecule has 0 fully saturated rings. The highest BCUT2D eigenvalue weighted by atomic mass is 31.2. The van der Waals surface area contributed by atoms with Crippen LogP contribution in [0.3, 0.4) is 0 Å². The largest absolute Gasteiger partial charge is 0.369 e. The average Bonchev–Trinajstić information content (AvgIpc) is 2.19. The van der Waals surface area contributed by atoms with Gasteiger partial charge in [0.25, 0.3) is 0 Å². The van der Waals surface area contributed by atoms with Crippen LogP contribution >= 0.6 is 7.60 Å². The van der Waals surface area contributed by atoms with Crippen LogP contribution in [0.2, 0.25) is 0 Å². The standard InChI is InChI=1S/C6H7O3P.CH6N4/c7-10(8,9)6-4-2-1-3-5-6;2-1(3)5-4/h1-5H,(H2,7,8,9);4H2,(H4,2,3,5). The fourth-order valence-electron chi connectivity index (χ4n) is 0.622. The van der Waals surface area contributed by atoms with Crippen LogP contribution in [0.25, 0.3) is 0 Å². The van der Waals surface area contributed by atoms with Gasteiger partial charge in [-0.05, 0) is 12.1 Å². The quantitative estimate of drug-likeness (QED) is 0.132. The molecule has 0 saturated heterocycles. The van der Waals surface area contributed by atoms with Gasteiger partial charge in [0, 0.05) is 0 Å². The van der Waals surface area contributed by atoms with E-state index in [1.165, 1.54) is 12.1 Å². The molecule has 1 rings (SSSR count). The second-order valence-electron chi connectivity index (χ2n) is 2.43. The van der Waals surface area contributed by atoms with Crippen molar-refractivity contribution in [2.75, 3.05) is 0 Å². The molecule has 0 radical (unpaired) electrons. The predicted octanol–water partition coefficient (Wildman–Crippen LogP) is -1.38. The van der Waals surface area contributed by atoms with Gasteiger partial charge in [0.05, 0.1) is 5.30 Å². The first-order valence-corrected chi connectivity index (χ1v) is 5.39. The summed E-state index contributed by atoms with van der Waals surface area (Å²) in [4.78, 5) is 17.2. The highest BCUT2D eigenvalue weighted by Gasteiger charge is 2.14. The molecule has 0 atom stereocenters. The number of nitrogens with zero attached hydrogens (tertiary/aromatic N) is 1. The smallest absolute Gasteiger partial charge is 0.356 e. The molecular weight excluding hydrogens is 219 g/mol. The molecule has 8 heteroatoms. The third-order valence-electron chi connectivity index (χ3n) is 1.24. The molecule has 0 saturated carbocycles. The molecule has 84 valence electrons. The molecule has 8 N–H and O–H groups in total. The lowest BCUT2D eigenvalue weighted by Crippen LogP contribution is -2.23. The van der Waals surface area contributed by atoms with Gasteiger partial charge in [0.15, 0.2) is 0 Å². The molecule has 0 heterocycles. The Balaban J connectivity index is 0.000000336. The molecule has 7 nitrogen and oxygen atoms in total. The second kappa shape index (κ2) is 6.02. The van der Waals surface area contributed by atoms with Crippen molar-refractivity contribution in [2.24, 2.45) is 22.4 Å². The zero-order valence-electron chi connectivity index (χ0n) is 7.82. The lowest BCUT2D eigenvalue weighted by molar-refractivity contribution is 0.387. The maximum absolute atomic E-state index is 10.5. The molecule has 0 bridgehead atoms. The molecule has 15 heavy (non-hydrogen) atoms. The summed E-state index contributed by atoms with van der Waals surface area (Å²) in [5.41, 5.74) is 9.39. The van der Waals surface area contributed by atoms with Gasteiger partial charge < -0.3 is 27.1 Å². The minimum Gasteiger partial charge on any atom is -0.369 e. The first kappa shape index (κ1) is 13.4. The van der Waals surface area contributed by atoms with Crippen molar-refractivity contribution in [2.45, 2.75) is 0 Å². The van der Waals surface area contributed by atoms with E-state index < -0.39 is 7.60 Å². The SMILES string of the molecule is NN=C(N)N.O=P(O)(O)c1ccccc1. The summed E-state index contributed by atoms with van der Waals surface area (Å²) >= 11 is 0. The van der Waals surface area contributed by atoms with E-state index >= 15 is 0 Å². The second-order valence-corrected chi connectivity index (χ2v) is 4.04. The Bertz CT molecular complexity index is 358. The van der Waals surface area contributed by atoms with Crippen molar-refractivity contribution in [1.82, 2.24) is 0 Å². The minimum absolute atomic E-state index is 0.0648. The van der Waals surface area contributed by atoms with Gasteiger partial charge in [-0.15, -0.1) is 5.10 Å². The topological polar surface area (TPSA) is 148 Å². The van der Waals surface area contributed by atoms with Gasteiger partial charge in [-0.2, -0.15) is 0 Å². The van der Waals surface area contributed by atoms with Crippen molar-refractivity contribution in [3.8, 4) is 0 Å². The predicted molar refractivity (Wildman–Crippen MR) is 58.1 cm³/mol. The van der Waals surface area contributed by atoms with Crippen LogP contribution in [0.5, 0.6) is 0 Å². The van der Waals surface area contributed by atoms with Crippen LogP contribution in [0, 0.1) is 0 Å². The van der Waals surface area contributed by atoms with E-state index in [9.17, 15) is 4.57 Å². The third-order valence-corrected chi connectivity index (χ3v) is 2.21. The molecule has 0 aliphatic rings. The molecule has 0 spiro atoms. The Kier molecular flexibility index (Phi) is 5.40. The summed E-state index contributed by atoms with van der Waals surface area (Å²) < 4.78 is 10.5. The summed E-state index contributed by atoms with van der Waals surface area (Å²) in [5.74, 6) is 4.42.